The molecule has 2 N–H and O–H groups in total. The van der Waals surface area contributed by atoms with E-state index in [1.165, 1.54) is 28.8 Å². The highest BCUT2D eigenvalue weighted by Crippen LogP contribution is 2.28. The van der Waals surface area contributed by atoms with Gasteiger partial charge in [0, 0.05) is 11.8 Å². The van der Waals surface area contributed by atoms with Crippen LogP contribution >= 0.6 is 0 Å². The smallest absolute Gasteiger partial charge is 0.406 e. The molecule has 0 atom stereocenters. The molecule has 21 heavy (non-hydrogen) atoms. The zero-order valence-electron chi connectivity index (χ0n) is 10.5. The predicted octanol–water partition coefficient (Wildman–Crippen LogP) is 2.88. The van der Waals surface area contributed by atoms with Gasteiger partial charge in [-0.25, -0.2) is 4.52 Å². The van der Waals surface area contributed by atoms with Gasteiger partial charge < -0.3 is 10.5 Å². The highest BCUT2D eigenvalue weighted by molar-refractivity contribution is 5.77. The number of nitrogens with two attached hydrogens (primary N) is 1. The molecule has 108 valence electrons. The van der Waals surface area contributed by atoms with Gasteiger partial charge >= 0.3 is 6.36 Å². The molecule has 0 saturated heterocycles. The molecule has 0 fully saturated rings. The first-order valence-corrected chi connectivity index (χ1v) is 5.89. The van der Waals surface area contributed by atoms with Crippen molar-refractivity contribution in [1.29, 1.82) is 0 Å². The van der Waals surface area contributed by atoms with Gasteiger partial charge in [-0.05, 0) is 29.8 Å². The van der Waals surface area contributed by atoms with Gasteiger partial charge in [0.2, 0.25) is 5.95 Å². The van der Waals surface area contributed by atoms with Crippen LogP contribution in [0.25, 0.3) is 16.8 Å². The Hall–Kier alpha value is -2.77. The fourth-order valence-electron chi connectivity index (χ4n) is 1.98. The fraction of sp³-hybridized carbons (Fsp3) is 0.0769. The molecule has 0 bridgehead atoms. The lowest BCUT2D eigenvalue weighted by molar-refractivity contribution is -0.274. The van der Waals surface area contributed by atoms with Gasteiger partial charge in [0.1, 0.15) is 5.75 Å². The normalized spacial score (nSPS) is 11.8. The van der Waals surface area contributed by atoms with Crippen molar-refractivity contribution in [2.75, 3.05) is 5.73 Å². The minimum Gasteiger partial charge on any atom is -0.406 e. The number of halogens is 3. The van der Waals surface area contributed by atoms with Crippen molar-refractivity contribution < 1.29 is 17.9 Å². The van der Waals surface area contributed by atoms with E-state index < -0.39 is 6.36 Å². The van der Waals surface area contributed by atoms with E-state index in [0.717, 1.165) is 0 Å². The molecule has 0 unspecified atom stereocenters. The molecular formula is C13H9F3N4O. The quantitative estimate of drug-likeness (QED) is 0.789. The Labute approximate surface area is 116 Å². The molecule has 2 heterocycles. The van der Waals surface area contributed by atoms with Gasteiger partial charge in [-0.2, -0.15) is 4.98 Å². The summed E-state index contributed by atoms with van der Waals surface area (Å²) < 4.78 is 41.7. The summed E-state index contributed by atoms with van der Waals surface area (Å²) in [5, 5.41) is 3.98. The summed E-state index contributed by atoms with van der Waals surface area (Å²) in [7, 11) is 0. The second kappa shape index (κ2) is 4.65. The Morgan fingerprint density at radius 3 is 2.48 bits per heavy atom. The van der Waals surface area contributed by atoms with Crippen molar-refractivity contribution in [3.8, 4) is 16.9 Å². The average molecular weight is 294 g/mol. The molecule has 5 nitrogen and oxygen atoms in total. The second-order valence-corrected chi connectivity index (χ2v) is 4.23. The zero-order chi connectivity index (χ0) is 15.0. The number of rotatable bonds is 2. The number of hydrogen-bond donors (Lipinski definition) is 1. The lowest BCUT2D eigenvalue weighted by Crippen LogP contribution is -2.16. The van der Waals surface area contributed by atoms with Crippen molar-refractivity contribution in [2.24, 2.45) is 0 Å². The summed E-state index contributed by atoms with van der Waals surface area (Å²) >= 11 is 0. The van der Waals surface area contributed by atoms with Crippen molar-refractivity contribution in [1.82, 2.24) is 14.6 Å². The van der Waals surface area contributed by atoms with Gasteiger partial charge in [0.15, 0.2) is 5.65 Å². The van der Waals surface area contributed by atoms with Crippen LogP contribution in [-0.4, -0.2) is 21.0 Å². The summed E-state index contributed by atoms with van der Waals surface area (Å²) in [5.41, 5.74) is 7.46. The number of ether oxygens (including phenoxy) is 1. The van der Waals surface area contributed by atoms with E-state index in [1.807, 2.05) is 0 Å². The Balaban J connectivity index is 1.99. The Morgan fingerprint density at radius 2 is 1.81 bits per heavy atom. The summed E-state index contributed by atoms with van der Waals surface area (Å²) in [5.74, 6) is -0.154. The Bertz CT molecular complexity index is 780. The van der Waals surface area contributed by atoms with E-state index >= 15 is 0 Å². The molecular weight excluding hydrogens is 285 g/mol. The van der Waals surface area contributed by atoms with Crippen molar-refractivity contribution in [2.45, 2.75) is 6.36 Å². The molecule has 2 aromatic heterocycles. The van der Waals surface area contributed by atoms with Crippen molar-refractivity contribution in [3.63, 3.8) is 0 Å². The fourth-order valence-corrected chi connectivity index (χ4v) is 1.98. The Kier molecular flexibility index (Phi) is 2.93. The summed E-state index contributed by atoms with van der Waals surface area (Å²) in [6.07, 6.45) is -3.02. The van der Waals surface area contributed by atoms with Crippen LogP contribution in [0.3, 0.4) is 0 Å². The molecule has 0 saturated carbocycles. The molecule has 0 aliphatic carbocycles. The van der Waals surface area contributed by atoms with E-state index in [2.05, 4.69) is 14.8 Å². The number of anilines is 1. The number of alkyl halides is 3. The first-order chi connectivity index (χ1) is 9.92. The molecule has 1 aromatic carbocycles. The van der Waals surface area contributed by atoms with Gasteiger partial charge in [-0.15, -0.1) is 18.3 Å². The van der Waals surface area contributed by atoms with E-state index in [4.69, 9.17) is 5.73 Å². The maximum Gasteiger partial charge on any atom is 0.573 e. The number of nitrogen functional groups attached to an aromatic ring is 1. The number of benzene rings is 1. The van der Waals surface area contributed by atoms with E-state index in [0.29, 0.717) is 16.8 Å². The van der Waals surface area contributed by atoms with E-state index in [9.17, 15) is 13.2 Å². The first-order valence-electron chi connectivity index (χ1n) is 5.89. The number of nitrogens with zero attached hydrogens (tertiary/aromatic N) is 3. The number of fused-ring (bicyclic) bond motifs is 1. The van der Waals surface area contributed by atoms with Crippen LogP contribution < -0.4 is 10.5 Å². The van der Waals surface area contributed by atoms with Crippen molar-refractivity contribution >= 4 is 11.6 Å². The van der Waals surface area contributed by atoms with E-state index in [1.54, 1.807) is 18.3 Å². The molecule has 0 radical (unpaired) electrons. The van der Waals surface area contributed by atoms with Crippen LogP contribution in [0.1, 0.15) is 0 Å². The van der Waals surface area contributed by atoms with Crippen molar-refractivity contribution in [3.05, 3.63) is 42.6 Å². The summed E-state index contributed by atoms with van der Waals surface area (Å²) in [4.78, 5) is 4.09. The third-order valence-corrected chi connectivity index (χ3v) is 2.78. The van der Waals surface area contributed by atoms with Crippen LogP contribution in [0.2, 0.25) is 0 Å². The van der Waals surface area contributed by atoms with Gasteiger partial charge in [-0.1, -0.05) is 12.1 Å². The standard InChI is InChI=1S/C13H9F3N4O/c14-13(15,16)21-9-5-3-8(4-6-9)10-2-1-7-20-11(10)18-12(17)19-20/h1-7H,(H2,17,19). The highest BCUT2D eigenvalue weighted by Gasteiger charge is 2.30. The minimum absolute atomic E-state index is 0.125. The lowest BCUT2D eigenvalue weighted by atomic mass is 10.1. The second-order valence-electron chi connectivity index (χ2n) is 4.23. The van der Waals surface area contributed by atoms with Gasteiger partial charge in [0.25, 0.3) is 0 Å². The van der Waals surface area contributed by atoms with Crippen LogP contribution in [0.5, 0.6) is 5.75 Å². The van der Waals surface area contributed by atoms with Crippen LogP contribution in [0, 0.1) is 0 Å². The third-order valence-electron chi connectivity index (χ3n) is 2.78. The Morgan fingerprint density at radius 1 is 1.10 bits per heavy atom. The van der Waals surface area contributed by atoms with Crippen LogP contribution in [0.4, 0.5) is 19.1 Å². The van der Waals surface area contributed by atoms with Gasteiger partial charge in [0.05, 0.1) is 0 Å². The molecule has 0 spiro atoms. The molecule has 3 aromatic rings. The largest absolute Gasteiger partial charge is 0.573 e. The predicted molar refractivity (Wildman–Crippen MR) is 69.5 cm³/mol. The maximum absolute atomic E-state index is 12.1. The monoisotopic (exact) mass is 294 g/mol. The molecule has 0 aliphatic rings. The molecule has 8 heteroatoms. The van der Waals surface area contributed by atoms with E-state index in [-0.39, 0.29) is 11.7 Å². The summed E-state index contributed by atoms with van der Waals surface area (Å²) in [6, 6.07) is 9.04. The third kappa shape index (κ3) is 2.73. The average Bonchev–Trinajstić information content (AvgIpc) is 2.78. The summed E-state index contributed by atoms with van der Waals surface area (Å²) in [6.45, 7) is 0. The minimum atomic E-state index is -4.71. The number of pyridine rings is 1. The lowest BCUT2D eigenvalue weighted by Gasteiger charge is -2.09. The van der Waals surface area contributed by atoms with Gasteiger partial charge in [-0.3, -0.25) is 0 Å². The van der Waals surface area contributed by atoms with Crippen LogP contribution in [-0.2, 0) is 0 Å². The molecule has 3 rings (SSSR count). The molecule has 0 aliphatic heterocycles. The molecule has 0 amide bonds. The van der Waals surface area contributed by atoms with Crippen LogP contribution in [0.15, 0.2) is 42.6 Å². The highest BCUT2D eigenvalue weighted by atomic mass is 19.4. The first kappa shape index (κ1) is 13.2. The number of aromatic nitrogens is 3. The maximum atomic E-state index is 12.1. The SMILES string of the molecule is Nc1nc2c(-c3ccc(OC(F)(F)F)cc3)cccn2n1. The zero-order valence-corrected chi connectivity index (χ0v) is 10.5. The number of hydrogen-bond acceptors (Lipinski definition) is 4. The topological polar surface area (TPSA) is 65.4 Å².